The van der Waals surface area contributed by atoms with E-state index in [1.807, 2.05) is 24.3 Å². The van der Waals surface area contributed by atoms with Gasteiger partial charge in [0.2, 0.25) is 0 Å². The lowest BCUT2D eigenvalue weighted by Gasteiger charge is -2.38. The average Bonchev–Trinajstić information content (AvgIpc) is 3.00. The number of para-hydroxylation sites is 1. The number of rotatable bonds is 2. The first-order valence-corrected chi connectivity index (χ1v) is 13.7. The van der Waals surface area contributed by atoms with E-state index in [1.165, 1.54) is 24.3 Å². The zero-order chi connectivity index (χ0) is 29.2. The second-order valence-corrected chi connectivity index (χ2v) is 10.1. The highest BCUT2D eigenvalue weighted by atomic mass is 19.1. The van der Waals surface area contributed by atoms with Gasteiger partial charge in [-0.1, -0.05) is 24.3 Å². The van der Waals surface area contributed by atoms with Crippen LogP contribution in [0.4, 0.5) is 4.39 Å². The van der Waals surface area contributed by atoms with E-state index in [4.69, 9.17) is 14.2 Å². The molecular weight excluding hydrogens is 539 g/mol. The Morgan fingerprint density at radius 3 is 2.69 bits per heavy atom. The molecule has 0 saturated heterocycles. The fraction of sp³-hybridized carbons (Fsp3) is 0.212. The Morgan fingerprint density at radius 2 is 1.86 bits per heavy atom. The number of hydrogen-bond donors (Lipinski definition) is 2. The predicted octanol–water partition coefficient (Wildman–Crippen LogP) is 5.63. The smallest absolute Gasteiger partial charge is 0.258 e. The van der Waals surface area contributed by atoms with Crippen molar-refractivity contribution in [3.05, 3.63) is 112 Å². The molecular formula is C33H29FN2O6. The number of aromatic hydroxyl groups is 1. The molecule has 0 saturated carbocycles. The fourth-order valence-corrected chi connectivity index (χ4v) is 5.46. The third kappa shape index (κ3) is 5.21. The zero-order valence-corrected chi connectivity index (χ0v) is 22.9. The molecule has 8 nitrogen and oxygen atoms in total. The van der Waals surface area contributed by atoms with Gasteiger partial charge in [0, 0.05) is 13.1 Å². The monoisotopic (exact) mass is 568 g/mol. The number of nitrogens with zero attached hydrogens (tertiary/aromatic N) is 1. The highest BCUT2D eigenvalue weighted by Gasteiger charge is 2.34. The molecule has 0 aromatic heterocycles. The van der Waals surface area contributed by atoms with E-state index in [9.17, 15) is 19.1 Å². The van der Waals surface area contributed by atoms with Crippen molar-refractivity contribution >= 4 is 11.8 Å². The number of amides is 2. The molecule has 1 atom stereocenters. The summed E-state index contributed by atoms with van der Waals surface area (Å²) < 4.78 is 32.2. The minimum atomic E-state index is -0.644. The summed E-state index contributed by atoms with van der Waals surface area (Å²) in [6.07, 6.45) is 1.00. The summed E-state index contributed by atoms with van der Waals surface area (Å²) in [6, 6.07) is 21.3. The minimum Gasteiger partial charge on any atom is -0.507 e. The van der Waals surface area contributed by atoms with Crippen molar-refractivity contribution in [1.29, 1.82) is 0 Å². The lowest BCUT2D eigenvalue weighted by atomic mass is 9.87. The van der Waals surface area contributed by atoms with Crippen molar-refractivity contribution in [2.45, 2.75) is 18.9 Å². The molecule has 3 heterocycles. The number of fused-ring (bicyclic) bond motifs is 6. The Kier molecular flexibility index (Phi) is 7.39. The molecule has 0 fully saturated rings. The summed E-state index contributed by atoms with van der Waals surface area (Å²) in [5, 5.41) is 13.2. The minimum absolute atomic E-state index is 0.0817. The van der Waals surface area contributed by atoms with E-state index in [0.29, 0.717) is 42.4 Å². The van der Waals surface area contributed by atoms with Gasteiger partial charge >= 0.3 is 0 Å². The van der Waals surface area contributed by atoms with Crippen LogP contribution in [-0.4, -0.2) is 48.6 Å². The van der Waals surface area contributed by atoms with Gasteiger partial charge in [-0.15, -0.1) is 0 Å². The quantitative estimate of drug-likeness (QED) is 0.325. The van der Waals surface area contributed by atoms with Gasteiger partial charge in [-0.05, 0) is 84.1 Å². The largest absolute Gasteiger partial charge is 0.507 e. The maximum atomic E-state index is 14.5. The molecule has 0 aliphatic carbocycles. The van der Waals surface area contributed by atoms with Crippen molar-refractivity contribution < 1.29 is 33.3 Å². The van der Waals surface area contributed by atoms with Crippen molar-refractivity contribution in [3.8, 4) is 28.7 Å². The topological polar surface area (TPSA) is 97.3 Å². The van der Waals surface area contributed by atoms with Crippen LogP contribution >= 0.6 is 0 Å². The number of halogens is 1. The van der Waals surface area contributed by atoms with Crippen molar-refractivity contribution in [1.82, 2.24) is 10.2 Å². The molecule has 1 unspecified atom stereocenters. The molecule has 8 bridgehead atoms. The summed E-state index contributed by atoms with van der Waals surface area (Å²) >= 11 is 0. The molecule has 2 N–H and O–H groups in total. The first-order chi connectivity index (χ1) is 20.4. The highest BCUT2D eigenvalue weighted by Crippen LogP contribution is 2.41. The van der Waals surface area contributed by atoms with Crippen LogP contribution in [0.15, 0.2) is 78.9 Å². The molecule has 2 amide bonds. The number of ether oxygens (including phenoxy) is 3. The van der Waals surface area contributed by atoms with Crippen LogP contribution in [0.3, 0.4) is 0 Å². The number of phenols is 1. The summed E-state index contributed by atoms with van der Waals surface area (Å²) in [5.74, 6) is 0.300. The normalized spacial score (nSPS) is 16.4. The van der Waals surface area contributed by atoms with E-state index in [0.717, 1.165) is 16.7 Å². The molecule has 0 radical (unpaired) electrons. The molecule has 3 aliphatic heterocycles. The Balaban J connectivity index is 1.47. The SMILES string of the molecule is COc1ccc2cc1OCCCNC(=O)c1cc(ccc1F)Oc1ccc3c(c1)CCN(C(=O)c1ccccc1O)C23. The van der Waals surface area contributed by atoms with Gasteiger partial charge < -0.3 is 29.5 Å². The maximum absolute atomic E-state index is 14.5. The third-order valence-corrected chi connectivity index (χ3v) is 7.52. The zero-order valence-electron chi connectivity index (χ0n) is 22.9. The number of carbonyl (C=O) groups excluding carboxylic acids is 2. The van der Waals surface area contributed by atoms with Gasteiger partial charge in [-0.2, -0.15) is 0 Å². The fourth-order valence-electron chi connectivity index (χ4n) is 5.46. The summed E-state index contributed by atoms with van der Waals surface area (Å²) in [6.45, 7) is 0.912. The Morgan fingerprint density at radius 1 is 1.05 bits per heavy atom. The standard InChI is InChI=1S/C33H29FN2O6/c1-40-29-12-7-21-18-30(29)41-16-4-14-35-32(38)26-19-23(9-11-27(26)34)42-22-8-10-24-20(17-22)13-15-36(31(21)24)33(39)25-5-2-3-6-28(25)37/h2-3,5-12,17-19,31,37H,4,13-16H2,1H3,(H,35,38). The third-order valence-electron chi connectivity index (χ3n) is 7.52. The molecule has 9 heteroatoms. The average molecular weight is 569 g/mol. The lowest BCUT2D eigenvalue weighted by Crippen LogP contribution is -2.40. The van der Waals surface area contributed by atoms with Crippen LogP contribution in [0.1, 0.15) is 49.9 Å². The van der Waals surface area contributed by atoms with E-state index in [2.05, 4.69) is 5.32 Å². The van der Waals surface area contributed by atoms with Crippen LogP contribution < -0.4 is 19.5 Å². The van der Waals surface area contributed by atoms with Crippen LogP contribution in [0.2, 0.25) is 0 Å². The predicted molar refractivity (Wildman–Crippen MR) is 153 cm³/mol. The summed E-state index contributed by atoms with van der Waals surface area (Å²) in [5.41, 5.74) is 2.79. The lowest BCUT2D eigenvalue weighted by molar-refractivity contribution is 0.0691. The number of phenolic OH excluding ortho intramolecular Hbond substituents is 1. The van der Waals surface area contributed by atoms with Gasteiger partial charge in [0.25, 0.3) is 11.8 Å². The van der Waals surface area contributed by atoms with E-state index >= 15 is 0 Å². The van der Waals surface area contributed by atoms with Gasteiger partial charge in [-0.3, -0.25) is 9.59 Å². The highest BCUT2D eigenvalue weighted by molar-refractivity contribution is 5.97. The number of nitrogens with one attached hydrogen (secondary N) is 1. The van der Waals surface area contributed by atoms with E-state index in [-0.39, 0.29) is 35.9 Å². The number of hydrogen-bond acceptors (Lipinski definition) is 6. The molecule has 7 rings (SSSR count). The molecule has 42 heavy (non-hydrogen) atoms. The first kappa shape index (κ1) is 27.1. The first-order valence-electron chi connectivity index (χ1n) is 13.7. The van der Waals surface area contributed by atoms with E-state index < -0.39 is 17.8 Å². The Hall–Kier alpha value is -5.05. The van der Waals surface area contributed by atoms with Crippen molar-refractivity contribution in [2.24, 2.45) is 0 Å². The maximum Gasteiger partial charge on any atom is 0.258 e. The van der Waals surface area contributed by atoms with Crippen LogP contribution in [-0.2, 0) is 6.42 Å². The van der Waals surface area contributed by atoms with Crippen LogP contribution in [0, 0.1) is 5.82 Å². The molecule has 4 aromatic carbocycles. The van der Waals surface area contributed by atoms with Gasteiger partial charge in [0.05, 0.1) is 30.9 Å². The van der Waals surface area contributed by atoms with Crippen molar-refractivity contribution in [3.63, 3.8) is 0 Å². The molecule has 3 aliphatic rings. The second-order valence-electron chi connectivity index (χ2n) is 10.1. The molecule has 214 valence electrons. The van der Waals surface area contributed by atoms with Gasteiger partial charge in [-0.25, -0.2) is 4.39 Å². The summed E-state index contributed by atoms with van der Waals surface area (Å²) in [7, 11) is 1.55. The van der Waals surface area contributed by atoms with Crippen LogP contribution in [0.5, 0.6) is 28.7 Å². The van der Waals surface area contributed by atoms with E-state index in [1.54, 1.807) is 42.3 Å². The number of methoxy groups -OCH3 is 1. The number of carbonyl (C=O) groups is 2. The van der Waals surface area contributed by atoms with Crippen LogP contribution in [0.25, 0.3) is 0 Å². The Bertz CT molecular complexity index is 1670. The summed E-state index contributed by atoms with van der Waals surface area (Å²) in [4.78, 5) is 28.3. The second kappa shape index (κ2) is 11.4. The number of benzene rings is 4. The Labute approximate surface area is 242 Å². The molecule has 0 spiro atoms. The van der Waals surface area contributed by atoms with Crippen molar-refractivity contribution in [2.75, 3.05) is 26.8 Å². The van der Waals surface area contributed by atoms with Gasteiger partial charge in [0.15, 0.2) is 11.5 Å². The molecule has 4 aromatic rings. The van der Waals surface area contributed by atoms with Gasteiger partial charge in [0.1, 0.15) is 23.1 Å².